The van der Waals surface area contributed by atoms with Crippen LogP contribution in [0.1, 0.15) is 0 Å². The van der Waals surface area contributed by atoms with Gasteiger partial charge in [-0.25, -0.2) is 0 Å². The summed E-state index contributed by atoms with van der Waals surface area (Å²) in [6.07, 6.45) is 1.75. The zero-order chi connectivity index (χ0) is 13.9. The van der Waals surface area contributed by atoms with Gasteiger partial charge >= 0.3 is 0 Å². The van der Waals surface area contributed by atoms with E-state index in [1.165, 1.54) is 0 Å². The number of nitrogens with zero attached hydrogens (tertiary/aromatic N) is 2. The highest BCUT2D eigenvalue weighted by atomic mass is 16.5. The highest BCUT2D eigenvalue weighted by molar-refractivity contribution is 5.95. The van der Waals surface area contributed by atoms with Crippen LogP contribution in [0.25, 0.3) is 22.0 Å². The van der Waals surface area contributed by atoms with Gasteiger partial charge in [-0.3, -0.25) is 0 Å². The maximum absolute atomic E-state index is 5.44. The fraction of sp³-hybridized carbons (Fsp3) is 0.125. The van der Waals surface area contributed by atoms with Crippen molar-refractivity contribution in [3.8, 4) is 22.6 Å². The summed E-state index contributed by atoms with van der Waals surface area (Å²) in [5.41, 5.74) is 2.78. The molecular formula is C16H14N2O2. The van der Waals surface area contributed by atoms with E-state index in [2.05, 4.69) is 10.2 Å². The summed E-state index contributed by atoms with van der Waals surface area (Å²) in [5.74, 6) is 1.56. The second-order valence-corrected chi connectivity index (χ2v) is 4.34. The molecule has 3 rings (SSSR count). The molecule has 0 aliphatic carbocycles. The van der Waals surface area contributed by atoms with Crippen molar-refractivity contribution >= 4 is 10.9 Å². The highest BCUT2D eigenvalue weighted by Crippen LogP contribution is 2.36. The van der Waals surface area contributed by atoms with Gasteiger partial charge in [0.25, 0.3) is 0 Å². The first-order valence-electron chi connectivity index (χ1n) is 6.26. The summed E-state index contributed by atoms with van der Waals surface area (Å²) in [5, 5.41) is 9.25. The van der Waals surface area contributed by atoms with E-state index in [1.807, 2.05) is 42.5 Å². The van der Waals surface area contributed by atoms with Crippen LogP contribution in [-0.2, 0) is 0 Å². The molecule has 100 valence electrons. The zero-order valence-electron chi connectivity index (χ0n) is 11.3. The fourth-order valence-corrected chi connectivity index (χ4v) is 2.25. The number of rotatable bonds is 3. The Morgan fingerprint density at radius 3 is 2.55 bits per heavy atom. The number of hydrogen-bond donors (Lipinski definition) is 0. The number of aromatic nitrogens is 2. The predicted octanol–water partition coefficient (Wildman–Crippen LogP) is 3.31. The first-order chi connectivity index (χ1) is 9.83. The van der Waals surface area contributed by atoms with Crippen LogP contribution in [0.3, 0.4) is 0 Å². The van der Waals surface area contributed by atoms with E-state index in [1.54, 1.807) is 20.4 Å². The second kappa shape index (κ2) is 5.17. The predicted molar refractivity (Wildman–Crippen MR) is 78.1 cm³/mol. The molecule has 0 saturated heterocycles. The van der Waals surface area contributed by atoms with Crippen molar-refractivity contribution < 1.29 is 9.47 Å². The van der Waals surface area contributed by atoms with E-state index in [-0.39, 0.29) is 0 Å². The minimum atomic E-state index is 0.779. The van der Waals surface area contributed by atoms with Crippen molar-refractivity contribution in [3.63, 3.8) is 0 Å². The molecule has 0 atom stereocenters. The number of ether oxygens (including phenoxy) is 2. The van der Waals surface area contributed by atoms with Crippen LogP contribution in [0, 0.1) is 0 Å². The Morgan fingerprint density at radius 2 is 1.75 bits per heavy atom. The van der Waals surface area contributed by atoms with Crippen LogP contribution in [0.2, 0.25) is 0 Å². The van der Waals surface area contributed by atoms with Crippen LogP contribution in [0.4, 0.5) is 0 Å². The Hall–Kier alpha value is -2.62. The molecule has 4 heteroatoms. The normalized spacial score (nSPS) is 10.5. The molecule has 0 amide bonds. The lowest BCUT2D eigenvalue weighted by molar-refractivity contribution is 0.404. The van der Waals surface area contributed by atoms with Gasteiger partial charge in [0.2, 0.25) is 0 Å². The summed E-state index contributed by atoms with van der Waals surface area (Å²) in [6.45, 7) is 0. The Balaban J connectivity index is 2.30. The topological polar surface area (TPSA) is 44.2 Å². The number of benzene rings is 2. The maximum atomic E-state index is 5.44. The monoisotopic (exact) mass is 266 g/mol. The molecule has 0 fully saturated rings. The Morgan fingerprint density at radius 1 is 0.900 bits per heavy atom. The lowest BCUT2D eigenvalue weighted by atomic mass is 10.0. The second-order valence-electron chi connectivity index (χ2n) is 4.34. The minimum Gasteiger partial charge on any atom is -0.497 e. The molecule has 0 spiro atoms. The van der Waals surface area contributed by atoms with Crippen LogP contribution in [-0.4, -0.2) is 24.4 Å². The standard InChI is InChI=1S/C16H14N2O2/c1-19-11-7-8-16(20-2)13(9-11)14-10-17-18-15-6-4-3-5-12(14)15/h3-10H,1-2H3. The van der Waals surface area contributed by atoms with Gasteiger partial charge in [-0.1, -0.05) is 18.2 Å². The average Bonchev–Trinajstić information content (AvgIpc) is 2.53. The summed E-state index contributed by atoms with van der Waals surface area (Å²) in [6, 6.07) is 13.6. The van der Waals surface area contributed by atoms with E-state index in [4.69, 9.17) is 9.47 Å². The molecule has 2 aromatic carbocycles. The summed E-state index contributed by atoms with van der Waals surface area (Å²) >= 11 is 0. The number of hydrogen-bond acceptors (Lipinski definition) is 4. The van der Waals surface area contributed by atoms with Crippen molar-refractivity contribution in [2.75, 3.05) is 14.2 Å². The zero-order valence-corrected chi connectivity index (χ0v) is 11.3. The molecule has 0 radical (unpaired) electrons. The van der Waals surface area contributed by atoms with Gasteiger partial charge in [0, 0.05) is 16.5 Å². The molecule has 3 aromatic rings. The van der Waals surface area contributed by atoms with Crippen molar-refractivity contribution in [2.24, 2.45) is 0 Å². The van der Waals surface area contributed by atoms with E-state index in [0.29, 0.717) is 0 Å². The van der Waals surface area contributed by atoms with Crippen molar-refractivity contribution in [1.82, 2.24) is 10.2 Å². The third kappa shape index (κ3) is 2.05. The average molecular weight is 266 g/mol. The van der Waals surface area contributed by atoms with E-state index in [0.717, 1.165) is 33.5 Å². The van der Waals surface area contributed by atoms with Gasteiger partial charge in [-0.05, 0) is 24.3 Å². The van der Waals surface area contributed by atoms with Crippen LogP contribution >= 0.6 is 0 Å². The molecular weight excluding hydrogens is 252 g/mol. The van der Waals surface area contributed by atoms with Crippen LogP contribution in [0.15, 0.2) is 48.7 Å². The van der Waals surface area contributed by atoms with Crippen molar-refractivity contribution in [1.29, 1.82) is 0 Å². The van der Waals surface area contributed by atoms with E-state index >= 15 is 0 Å². The number of fused-ring (bicyclic) bond motifs is 1. The molecule has 1 heterocycles. The third-order valence-corrected chi connectivity index (χ3v) is 3.24. The molecule has 0 saturated carbocycles. The quantitative estimate of drug-likeness (QED) is 0.729. The van der Waals surface area contributed by atoms with Crippen molar-refractivity contribution in [2.45, 2.75) is 0 Å². The van der Waals surface area contributed by atoms with E-state index < -0.39 is 0 Å². The lowest BCUT2D eigenvalue weighted by Gasteiger charge is -2.12. The molecule has 0 N–H and O–H groups in total. The largest absolute Gasteiger partial charge is 0.497 e. The molecule has 0 aliphatic heterocycles. The highest BCUT2D eigenvalue weighted by Gasteiger charge is 2.11. The van der Waals surface area contributed by atoms with Gasteiger partial charge in [0.1, 0.15) is 11.5 Å². The van der Waals surface area contributed by atoms with Gasteiger partial charge in [-0.2, -0.15) is 10.2 Å². The molecule has 0 unspecified atom stereocenters. The molecule has 4 nitrogen and oxygen atoms in total. The first kappa shape index (κ1) is 12.4. The maximum Gasteiger partial charge on any atom is 0.127 e. The van der Waals surface area contributed by atoms with Crippen LogP contribution < -0.4 is 9.47 Å². The molecule has 1 aromatic heterocycles. The van der Waals surface area contributed by atoms with Crippen molar-refractivity contribution in [3.05, 3.63) is 48.7 Å². The van der Waals surface area contributed by atoms with Gasteiger partial charge in [0.05, 0.1) is 25.9 Å². The SMILES string of the molecule is COc1ccc(OC)c(-c2cnnc3ccccc23)c1. The first-order valence-corrected chi connectivity index (χ1v) is 6.26. The Kier molecular flexibility index (Phi) is 3.21. The third-order valence-electron chi connectivity index (χ3n) is 3.24. The summed E-state index contributed by atoms with van der Waals surface area (Å²) < 4.78 is 10.7. The summed E-state index contributed by atoms with van der Waals surface area (Å²) in [7, 11) is 3.30. The van der Waals surface area contributed by atoms with E-state index in [9.17, 15) is 0 Å². The van der Waals surface area contributed by atoms with Gasteiger partial charge in [-0.15, -0.1) is 0 Å². The van der Waals surface area contributed by atoms with Crippen LogP contribution in [0.5, 0.6) is 11.5 Å². The molecule has 0 aliphatic rings. The Labute approximate surface area is 117 Å². The Bertz CT molecular complexity index is 751. The van der Waals surface area contributed by atoms with Gasteiger partial charge in [0.15, 0.2) is 0 Å². The molecule has 0 bridgehead atoms. The summed E-state index contributed by atoms with van der Waals surface area (Å²) in [4.78, 5) is 0. The smallest absolute Gasteiger partial charge is 0.127 e. The fourth-order valence-electron chi connectivity index (χ4n) is 2.25. The number of methoxy groups -OCH3 is 2. The molecule has 20 heavy (non-hydrogen) atoms. The lowest BCUT2D eigenvalue weighted by Crippen LogP contribution is -1.93. The minimum absolute atomic E-state index is 0.779. The van der Waals surface area contributed by atoms with Gasteiger partial charge < -0.3 is 9.47 Å².